The van der Waals surface area contributed by atoms with Crippen LogP contribution in [0, 0.1) is 29.0 Å². The summed E-state index contributed by atoms with van der Waals surface area (Å²) in [6.45, 7) is 15.4. The number of halogens is 1. The van der Waals surface area contributed by atoms with Gasteiger partial charge in [0.1, 0.15) is 11.9 Å². The molecule has 0 radical (unpaired) electrons. The molecule has 0 spiro atoms. The summed E-state index contributed by atoms with van der Waals surface area (Å²) in [5.74, 6) is 1.91. The summed E-state index contributed by atoms with van der Waals surface area (Å²) in [6.07, 6.45) is 2.07. The van der Waals surface area contributed by atoms with Crippen molar-refractivity contribution in [2.24, 2.45) is 11.8 Å². The predicted octanol–water partition coefficient (Wildman–Crippen LogP) is 5.44. The first-order valence-electron chi connectivity index (χ1n) is 11.5. The molecular formula is C27H33FN4S. The standard InChI is InChI=1S/C23H23FN4S.C2H6.C2H4/c24-21-6-15(4-5-16(21)7-25)20-3-1-2-17(23(20)22-10-27-14-29-22)11-28-12-18-8-26-9-19(18)13-28;2*1-2/h1-6,10,18-19,26-27H,8-9,11-14H2;1-2H3;1-2H2/t18-,19?;;/m0../s1. The van der Waals surface area contributed by atoms with Crippen molar-refractivity contribution in [1.29, 1.82) is 5.26 Å². The molecule has 0 amide bonds. The van der Waals surface area contributed by atoms with Crippen LogP contribution in [0.25, 0.3) is 16.0 Å². The van der Waals surface area contributed by atoms with E-state index in [1.54, 1.807) is 17.8 Å². The normalized spacial score (nSPS) is 21.0. The number of nitrogens with zero attached hydrogens (tertiary/aromatic N) is 2. The molecule has 2 fully saturated rings. The zero-order valence-electron chi connectivity index (χ0n) is 19.5. The van der Waals surface area contributed by atoms with Gasteiger partial charge in [-0.25, -0.2) is 4.39 Å². The van der Waals surface area contributed by atoms with Gasteiger partial charge in [-0.1, -0.05) is 38.1 Å². The maximum absolute atomic E-state index is 14.3. The molecule has 0 saturated carbocycles. The number of thioether (sulfide) groups is 1. The first-order valence-corrected chi connectivity index (χ1v) is 12.5. The Hall–Kier alpha value is -2.59. The second kappa shape index (κ2) is 12.0. The monoisotopic (exact) mass is 464 g/mol. The summed E-state index contributed by atoms with van der Waals surface area (Å²) in [5, 5.41) is 15.9. The molecule has 2 aromatic carbocycles. The van der Waals surface area contributed by atoms with Crippen LogP contribution in [-0.4, -0.2) is 37.0 Å². The van der Waals surface area contributed by atoms with E-state index >= 15 is 0 Å². The Kier molecular flexibility index (Phi) is 9.13. The Morgan fingerprint density at radius 2 is 1.88 bits per heavy atom. The van der Waals surface area contributed by atoms with Crippen molar-refractivity contribution in [3.05, 3.63) is 78.3 Å². The maximum Gasteiger partial charge on any atom is 0.141 e. The highest BCUT2D eigenvalue weighted by atomic mass is 32.2. The number of hydrogen-bond acceptors (Lipinski definition) is 5. The second-order valence-corrected chi connectivity index (χ2v) is 9.04. The lowest BCUT2D eigenvalue weighted by Gasteiger charge is -2.21. The zero-order valence-corrected chi connectivity index (χ0v) is 20.4. The van der Waals surface area contributed by atoms with E-state index < -0.39 is 5.82 Å². The maximum atomic E-state index is 14.3. The van der Waals surface area contributed by atoms with Crippen LogP contribution >= 0.6 is 11.8 Å². The van der Waals surface area contributed by atoms with Gasteiger partial charge in [0.2, 0.25) is 0 Å². The lowest BCUT2D eigenvalue weighted by atomic mass is 9.94. The van der Waals surface area contributed by atoms with Crippen molar-refractivity contribution in [3.8, 4) is 17.2 Å². The quantitative estimate of drug-likeness (QED) is 0.591. The van der Waals surface area contributed by atoms with Crippen LogP contribution in [0.3, 0.4) is 0 Å². The fourth-order valence-corrected chi connectivity index (χ4v) is 5.67. The first kappa shape index (κ1) is 25.0. The summed E-state index contributed by atoms with van der Waals surface area (Å²) in [5.41, 5.74) is 4.38. The molecule has 174 valence electrons. The Morgan fingerprint density at radius 1 is 1.15 bits per heavy atom. The van der Waals surface area contributed by atoms with E-state index in [4.69, 9.17) is 5.26 Å². The molecule has 3 aliphatic heterocycles. The number of benzene rings is 2. The Bertz CT molecular complexity index is 1020. The van der Waals surface area contributed by atoms with Crippen LogP contribution in [0.5, 0.6) is 0 Å². The molecular weight excluding hydrogens is 431 g/mol. The Labute approximate surface area is 201 Å². The molecule has 2 saturated heterocycles. The fourth-order valence-electron chi connectivity index (χ4n) is 4.80. The van der Waals surface area contributed by atoms with Crippen LogP contribution < -0.4 is 10.6 Å². The summed E-state index contributed by atoms with van der Waals surface area (Å²) >= 11 is 1.78. The van der Waals surface area contributed by atoms with E-state index in [1.165, 1.54) is 22.1 Å². The molecule has 0 aromatic heterocycles. The SMILES string of the molecule is C=C.CC.N#Cc1ccc(-c2cccc(CN3CC4CNC[C@H]4C3)c2C2=CNCS2)cc1F. The highest BCUT2D eigenvalue weighted by molar-refractivity contribution is 8.08. The molecule has 0 aliphatic carbocycles. The van der Waals surface area contributed by atoms with Gasteiger partial charge in [0.25, 0.3) is 0 Å². The number of likely N-dealkylation sites (tertiary alicyclic amines) is 1. The third-order valence-corrected chi connectivity index (χ3v) is 7.14. The van der Waals surface area contributed by atoms with E-state index in [-0.39, 0.29) is 5.56 Å². The predicted molar refractivity (Wildman–Crippen MR) is 138 cm³/mol. The number of fused-ring (bicyclic) bond motifs is 1. The number of hydrogen-bond donors (Lipinski definition) is 2. The van der Waals surface area contributed by atoms with Gasteiger partial charge < -0.3 is 10.6 Å². The lowest BCUT2D eigenvalue weighted by Crippen LogP contribution is -2.25. The van der Waals surface area contributed by atoms with Crippen LogP contribution in [0.1, 0.15) is 30.5 Å². The van der Waals surface area contributed by atoms with Gasteiger partial charge in [-0.15, -0.1) is 24.9 Å². The molecule has 2 atom stereocenters. The van der Waals surface area contributed by atoms with Crippen molar-refractivity contribution in [2.45, 2.75) is 20.4 Å². The van der Waals surface area contributed by atoms with Crippen LogP contribution in [0.2, 0.25) is 0 Å². The fraction of sp³-hybridized carbons (Fsp3) is 0.370. The van der Waals surface area contributed by atoms with E-state index in [0.29, 0.717) is 0 Å². The molecule has 3 aliphatic rings. The first-order chi connectivity index (χ1) is 16.2. The minimum atomic E-state index is -0.465. The molecule has 2 N–H and O–H groups in total. The molecule has 33 heavy (non-hydrogen) atoms. The highest BCUT2D eigenvalue weighted by Gasteiger charge is 2.36. The third-order valence-electron chi connectivity index (χ3n) is 6.20. The molecule has 5 rings (SSSR count). The highest BCUT2D eigenvalue weighted by Crippen LogP contribution is 2.40. The lowest BCUT2D eigenvalue weighted by molar-refractivity contribution is 0.305. The number of nitriles is 1. The van der Waals surface area contributed by atoms with Crippen LogP contribution in [0.4, 0.5) is 4.39 Å². The molecule has 3 heterocycles. The smallest absolute Gasteiger partial charge is 0.141 e. The minimum Gasteiger partial charge on any atom is -0.381 e. The average molecular weight is 465 g/mol. The topological polar surface area (TPSA) is 51.1 Å². The Morgan fingerprint density at radius 3 is 2.48 bits per heavy atom. The van der Waals surface area contributed by atoms with Gasteiger partial charge in [0, 0.05) is 36.3 Å². The molecule has 0 bridgehead atoms. The minimum absolute atomic E-state index is 0.0831. The van der Waals surface area contributed by atoms with Gasteiger partial charge in [0.15, 0.2) is 0 Å². The molecule has 6 heteroatoms. The summed E-state index contributed by atoms with van der Waals surface area (Å²) < 4.78 is 14.3. The Balaban J connectivity index is 0.000000728. The van der Waals surface area contributed by atoms with Crippen molar-refractivity contribution in [3.63, 3.8) is 0 Å². The van der Waals surface area contributed by atoms with Crippen LogP contribution in [-0.2, 0) is 6.54 Å². The largest absolute Gasteiger partial charge is 0.381 e. The van der Waals surface area contributed by atoms with Gasteiger partial charge in [-0.2, -0.15) is 5.26 Å². The van der Waals surface area contributed by atoms with Crippen molar-refractivity contribution < 1.29 is 4.39 Å². The summed E-state index contributed by atoms with van der Waals surface area (Å²) in [6, 6.07) is 13.1. The molecule has 1 unspecified atom stereocenters. The van der Waals surface area contributed by atoms with Crippen LogP contribution in [0.15, 0.2) is 55.8 Å². The third kappa shape index (κ3) is 5.50. The van der Waals surface area contributed by atoms with E-state index in [9.17, 15) is 4.39 Å². The van der Waals surface area contributed by atoms with Crippen molar-refractivity contribution in [1.82, 2.24) is 15.5 Å². The summed E-state index contributed by atoms with van der Waals surface area (Å²) in [7, 11) is 0. The van der Waals surface area contributed by atoms with Gasteiger partial charge >= 0.3 is 0 Å². The van der Waals surface area contributed by atoms with Gasteiger partial charge in [0.05, 0.1) is 11.4 Å². The van der Waals surface area contributed by atoms with E-state index in [1.807, 2.05) is 26.0 Å². The molecule has 2 aromatic rings. The average Bonchev–Trinajstić information content (AvgIpc) is 3.60. The van der Waals surface area contributed by atoms with E-state index in [0.717, 1.165) is 61.6 Å². The van der Waals surface area contributed by atoms with Crippen molar-refractivity contribution in [2.75, 3.05) is 32.1 Å². The molecule has 4 nitrogen and oxygen atoms in total. The van der Waals surface area contributed by atoms with E-state index in [2.05, 4.69) is 53.1 Å². The zero-order chi connectivity index (χ0) is 23.8. The number of rotatable bonds is 4. The van der Waals surface area contributed by atoms with Gasteiger partial charge in [-0.05, 0) is 53.7 Å². The second-order valence-electron chi connectivity index (χ2n) is 8.02. The summed E-state index contributed by atoms with van der Waals surface area (Å²) in [4.78, 5) is 3.76. The number of nitrogens with one attached hydrogen (secondary N) is 2. The van der Waals surface area contributed by atoms with Gasteiger partial charge in [-0.3, -0.25) is 4.90 Å². The van der Waals surface area contributed by atoms with Crippen molar-refractivity contribution >= 4 is 16.7 Å².